The van der Waals surface area contributed by atoms with Crippen LogP contribution in [0.2, 0.25) is 0 Å². The normalized spacial score (nSPS) is 14.1. The average molecular weight is 537 g/mol. The first-order valence-electron chi connectivity index (χ1n) is 13.6. The van der Waals surface area contributed by atoms with Gasteiger partial charge >= 0.3 is 6.48 Å². The zero-order valence-electron chi connectivity index (χ0n) is 22.6. The molecule has 1 aromatic heterocycles. The molecule has 0 amide bonds. The summed E-state index contributed by atoms with van der Waals surface area (Å²) in [7, 11) is 4.14. The summed E-state index contributed by atoms with van der Waals surface area (Å²) in [6.45, 7) is -1.88. The third-order valence-corrected chi connectivity index (χ3v) is 9.01. The molecule has 3 nitrogen and oxygen atoms in total. The van der Waals surface area contributed by atoms with Crippen LogP contribution in [-0.4, -0.2) is 20.6 Å². The van der Waals surface area contributed by atoms with Crippen LogP contribution in [0.4, 0.5) is 5.69 Å². The zero-order chi connectivity index (χ0) is 27.1. The fraction of sp³-hybridized carbons (Fsp3) is 0.0571. The molecule has 0 unspecified atom stereocenters. The molecule has 0 atom stereocenters. The van der Waals surface area contributed by atoms with Crippen molar-refractivity contribution >= 4 is 56.0 Å². The van der Waals surface area contributed by atoms with Crippen molar-refractivity contribution < 1.29 is 9.13 Å². The molecule has 0 bridgehead atoms. The first-order valence-corrected chi connectivity index (χ1v) is 14.4. The maximum Gasteiger partial charge on any atom is 0.514 e. The lowest BCUT2D eigenvalue weighted by molar-refractivity contribution is -0.523. The van der Waals surface area contributed by atoms with E-state index in [4.69, 9.17) is 4.65 Å². The maximum atomic E-state index is 7.59. The zero-order valence-corrected chi connectivity index (χ0v) is 23.4. The van der Waals surface area contributed by atoms with Crippen molar-refractivity contribution in [2.24, 2.45) is 0 Å². The molecule has 0 fully saturated rings. The van der Waals surface area contributed by atoms with Crippen LogP contribution in [-0.2, 0) is 4.65 Å². The number of fused-ring (bicyclic) bond motifs is 3. The van der Waals surface area contributed by atoms with Crippen LogP contribution >= 0.6 is 11.3 Å². The molecule has 40 heavy (non-hydrogen) atoms. The lowest BCUT2D eigenvalue weighted by atomic mass is 9.40. The second-order valence-electron chi connectivity index (χ2n) is 10.4. The molecule has 0 spiro atoms. The molecular weight excluding hydrogens is 507 g/mol. The van der Waals surface area contributed by atoms with Gasteiger partial charge in [-0.15, -0.1) is 0 Å². The third kappa shape index (κ3) is 3.85. The molecule has 1 aliphatic heterocycles. The van der Waals surface area contributed by atoms with Crippen LogP contribution in [0.5, 0.6) is 0 Å². The number of aromatic nitrogens is 1. The molecule has 7 rings (SSSR count). The van der Waals surface area contributed by atoms with Crippen molar-refractivity contribution in [1.82, 2.24) is 0 Å². The first kappa shape index (κ1) is 24.4. The highest BCUT2D eigenvalue weighted by atomic mass is 32.1. The van der Waals surface area contributed by atoms with Crippen molar-refractivity contribution in [2.75, 3.05) is 19.0 Å². The molecule has 5 heteroatoms. The first-order chi connectivity index (χ1) is 19.7. The Morgan fingerprint density at radius 1 is 0.600 bits per heavy atom. The number of hydrogen-bond acceptors (Lipinski definition) is 3. The van der Waals surface area contributed by atoms with Gasteiger partial charge in [-0.3, -0.25) is 0 Å². The summed E-state index contributed by atoms with van der Waals surface area (Å²) in [6.07, 6.45) is 0. The fourth-order valence-electron chi connectivity index (χ4n) is 5.95. The van der Waals surface area contributed by atoms with E-state index < -0.39 is 6.48 Å². The third-order valence-electron chi connectivity index (χ3n) is 7.85. The summed E-state index contributed by atoms with van der Waals surface area (Å²) >= 11 is 1.83. The van der Waals surface area contributed by atoms with Gasteiger partial charge in [0, 0.05) is 31.4 Å². The lowest BCUT2D eigenvalue weighted by Gasteiger charge is -2.42. The molecule has 0 saturated heterocycles. The molecule has 2 heterocycles. The summed E-state index contributed by atoms with van der Waals surface area (Å²) in [5.74, 6) is 0.899. The number of hydrogen-bond donors (Lipinski definition) is 0. The van der Waals surface area contributed by atoms with Crippen LogP contribution in [0.3, 0.4) is 0 Å². The van der Waals surface area contributed by atoms with E-state index in [1.54, 1.807) is 0 Å². The lowest BCUT2D eigenvalue weighted by Crippen LogP contribution is -2.81. The minimum atomic E-state index is -1.88. The van der Waals surface area contributed by atoms with Gasteiger partial charge in [-0.05, 0) is 35.9 Å². The Morgan fingerprint density at radius 3 is 1.75 bits per heavy atom. The molecule has 194 valence electrons. The van der Waals surface area contributed by atoms with Gasteiger partial charge < -0.3 is 14.0 Å². The fourth-order valence-corrected chi connectivity index (χ4v) is 7.24. The summed E-state index contributed by atoms with van der Waals surface area (Å²) < 4.78 is 11.3. The highest BCUT2D eigenvalue weighted by molar-refractivity contribution is 7.19. The van der Waals surface area contributed by atoms with Crippen LogP contribution in [0.1, 0.15) is 16.1 Å². The van der Waals surface area contributed by atoms with E-state index in [0.717, 1.165) is 39.1 Å². The Kier molecular flexibility index (Phi) is 6.02. The number of para-hydroxylation sites is 1. The number of rotatable bonds is 5. The molecule has 1 aliphatic rings. The number of anilines is 1. The van der Waals surface area contributed by atoms with Crippen molar-refractivity contribution in [2.45, 2.75) is 0 Å². The Labute approximate surface area is 239 Å². The molecule has 0 aliphatic carbocycles. The van der Waals surface area contributed by atoms with Crippen LogP contribution in [0.25, 0.3) is 21.5 Å². The largest absolute Gasteiger partial charge is 0.650 e. The van der Waals surface area contributed by atoms with E-state index in [9.17, 15) is 0 Å². The molecule has 5 aromatic carbocycles. The Bertz CT molecular complexity index is 1790. The van der Waals surface area contributed by atoms with E-state index in [1.165, 1.54) is 15.2 Å². The highest BCUT2D eigenvalue weighted by Gasteiger charge is 2.52. The second-order valence-corrected chi connectivity index (χ2v) is 11.5. The Balaban J connectivity index is 1.64. The molecule has 0 saturated carbocycles. The van der Waals surface area contributed by atoms with Crippen LogP contribution < -0.4 is 20.3 Å². The van der Waals surface area contributed by atoms with Gasteiger partial charge in [0.15, 0.2) is 5.52 Å². The van der Waals surface area contributed by atoms with Crippen molar-refractivity contribution in [3.05, 3.63) is 156 Å². The van der Waals surface area contributed by atoms with Crippen molar-refractivity contribution in [1.29, 1.82) is 0 Å². The minimum absolute atomic E-state index is 0.899. The van der Waals surface area contributed by atoms with Gasteiger partial charge in [-0.2, -0.15) is 0 Å². The van der Waals surface area contributed by atoms with Gasteiger partial charge in [0.25, 0.3) is 0 Å². The smallest absolute Gasteiger partial charge is 0.514 e. The molecular formula is C35H29BN2OS. The predicted molar refractivity (Wildman–Crippen MR) is 170 cm³/mol. The summed E-state index contributed by atoms with van der Waals surface area (Å²) in [6, 6.07) is 49.5. The second kappa shape index (κ2) is 9.85. The summed E-state index contributed by atoms with van der Waals surface area (Å²) in [4.78, 5) is 2.13. The van der Waals surface area contributed by atoms with E-state index in [0.29, 0.717) is 0 Å². The minimum Gasteiger partial charge on any atom is -0.650 e. The van der Waals surface area contributed by atoms with E-state index in [1.807, 2.05) is 11.3 Å². The van der Waals surface area contributed by atoms with Gasteiger partial charge in [0.05, 0.1) is 16.0 Å². The summed E-state index contributed by atoms with van der Waals surface area (Å²) in [5, 5.41) is 1.19. The van der Waals surface area contributed by atoms with Gasteiger partial charge in [-0.1, -0.05) is 125 Å². The number of nitrogens with zero attached hydrogens (tertiary/aromatic N) is 2. The van der Waals surface area contributed by atoms with Gasteiger partial charge in [0.2, 0.25) is 5.01 Å². The van der Waals surface area contributed by atoms with Crippen LogP contribution in [0, 0.1) is 0 Å². The Morgan fingerprint density at radius 2 is 1.15 bits per heavy atom. The number of thiazole rings is 1. The van der Waals surface area contributed by atoms with E-state index in [-0.39, 0.29) is 0 Å². The maximum absolute atomic E-state index is 7.59. The van der Waals surface area contributed by atoms with Gasteiger partial charge in [0.1, 0.15) is 0 Å². The topological polar surface area (TPSA) is 16.4 Å². The molecule has 6 aromatic rings. The van der Waals surface area contributed by atoms with Gasteiger partial charge in [-0.25, -0.2) is 0 Å². The highest BCUT2D eigenvalue weighted by Crippen LogP contribution is 2.41. The van der Waals surface area contributed by atoms with Crippen molar-refractivity contribution in [3.63, 3.8) is 0 Å². The van der Waals surface area contributed by atoms with E-state index >= 15 is 0 Å². The summed E-state index contributed by atoms with van der Waals surface area (Å²) in [5.41, 5.74) is 7.91. The standard InChI is InChI=1S/C35H29BN2OS/c1-37(2)30-24-22-27(23-25-30)34-33(26-14-6-3-7-15-26)35-38(31-20-12-13-21-32(31)40-35)36(39-34,28-16-8-4-9-17-28)29-18-10-5-11-19-29/h3-25H,1-2H3. The quantitative estimate of drug-likeness (QED) is 0.240. The van der Waals surface area contributed by atoms with Crippen molar-refractivity contribution in [3.8, 4) is 0 Å². The Hall–Kier alpha value is -4.61. The average Bonchev–Trinajstić information content (AvgIpc) is 3.41. The number of benzene rings is 5. The predicted octanol–water partition coefficient (Wildman–Crippen LogP) is 6.31. The molecule has 0 N–H and O–H groups in total. The monoisotopic (exact) mass is 536 g/mol. The van der Waals surface area contributed by atoms with Crippen LogP contribution in [0.15, 0.2) is 140 Å². The van der Waals surface area contributed by atoms with E-state index in [2.05, 4.69) is 163 Å². The SMILES string of the molecule is CN(C)c1ccc(C2=C(c3ccccc3)c3sc4ccccc4[n+]3[B-](c3ccccc3)(c3ccccc3)O2)cc1. The molecule has 0 radical (unpaired) electrons.